The molecule has 7 rings (SSSR count). The molecule has 0 radical (unpaired) electrons. The van der Waals surface area contributed by atoms with Crippen molar-refractivity contribution < 1.29 is 19.1 Å². The van der Waals surface area contributed by atoms with Gasteiger partial charge in [-0.15, -0.1) is 0 Å². The number of H-pyrrole nitrogens is 1. The number of rotatable bonds is 4. The zero-order valence-corrected chi connectivity index (χ0v) is 22.1. The van der Waals surface area contributed by atoms with Crippen LogP contribution in [0, 0.1) is 5.41 Å². The van der Waals surface area contributed by atoms with Crippen molar-refractivity contribution in [3.63, 3.8) is 0 Å². The van der Waals surface area contributed by atoms with E-state index in [1.54, 1.807) is 11.1 Å². The molecule has 192 valence electrons. The number of halogens is 1. The SMILES string of the molecule is O=C(CN1C(=O)C2(CCC(Oc3ccc4[nH]ncc4c3)CC2)c2c(Br)cccc21)N1CCC2(COC2)C1. The third kappa shape index (κ3) is 3.69. The van der Waals surface area contributed by atoms with E-state index in [0.29, 0.717) is 12.8 Å². The van der Waals surface area contributed by atoms with Crippen LogP contribution in [0.3, 0.4) is 0 Å². The van der Waals surface area contributed by atoms with Crippen LogP contribution in [0.2, 0.25) is 0 Å². The highest BCUT2D eigenvalue weighted by atomic mass is 79.9. The lowest BCUT2D eigenvalue weighted by molar-refractivity contribution is -0.135. The number of ether oxygens (including phenoxy) is 2. The number of nitrogens with zero attached hydrogens (tertiary/aromatic N) is 3. The molecular weight excluding hydrogens is 536 g/mol. The van der Waals surface area contributed by atoms with Gasteiger partial charge in [-0.25, -0.2) is 0 Å². The molecule has 1 aromatic heterocycles. The summed E-state index contributed by atoms with van der Waals surface area (Å²) in [7, 11) is 0. The molecule has 2 aromatic carbocycles. The van der Waals surface area contributed by atoms with Crippen molar-refractivity contribution in [2.75, 3.05) is 37.7 Å². The Morgan fingerprint density at radius 1 is 1.19 bits per heavy atom. The monoisotopic (exact) mass is 564 g/mol. The van der Waals surface area contributed by atoms with Gasteiger partial charge in [0.05, 0.1) is 36.4 Å². The first kappa shape index (κ1) is 23.2. The number of carbonyl (C=O) groups is 2. The standard InChI is InChI=1S/C28H29BrN4O4/c29-21-2-1-3-23-25(21)28(26(35)33(23)14-24(34)32-11-10-27(15-32)16-36-17-27)8-6-19(7-9-28)37-20-4-5-22-18(12-20)13-30-31-22/h1-5,12-13,19H,6-11,14-17H2,(H,30,31). The number of nitrogens with one attached hydrogen (secondary N) is 1. The molecule has 0 unspecified atom stereocenters. The molecule has 2 spiro atoms. The lowest BCUT2D eigenvalue weighted by Gasteiger charge is -2.38. The van der Waals surface area contributed by atoms with E-state index in [2.05, 4.69) is 26.1 Å². The van der Waals surface area contributed by atoms with E-state index < -0.39 is 5.41 Å². The number of likely N-dealkylation sites (tertiary alicyclic amines) is 1. The van der Waals surface area contributed by atoms with E-state index >= 15 is 0 Å². The van der Waals surface area contributed by atoms with Gasteiger partial charge in [0.2, 0.25) is 11.8 Å². The number of anilines is 1. The van der Waals surface area contributed by atoms with E-state index in [9.17, 15) is 9.59 Å². The van der Waals surface area contributed by atoms with Crippen LogP contribution < -0.4 is 9.64 Å². The first-order valence-corrected chi connectivity index (χ1v) is 13.8. The van der Waals surface area contributed by atoms with Gasteiger partial charge in [0.1, 0.15) is 12.3 Å². The zero-order valence-electron chi connectivity index (χ0n) is 20.5. The van der Waals surface area contributed by atoms with Crippen molar-refractivity contribution in [1.29, 1.82) is 0 Å². The molecule has 1 saturated carbocycles. The Morgan fingerprint density at radius 3 is 2.78 bits per heavy atom. The highest BCUT2D eigenvalue weighted by Crippen LogP contribution is 2.53. The Labute approximate surface area is 223 Å². The summed E-state index contributed by atoms with van der Waals surface area (Å²) >= 11 is 3.74. The molecule has 3 aromatic rings. The van der Waals surface area contributed by atoms with E-state index in [1.165, 1.54) is 0 Å². The molecule has 2 amide bonds. The Morgan fingerprint density at radius 2 is 2.03 bits per heavy atom. The van der Waals surface area contributed by atoms with Gasteiger partial charge in [-0.2, -0.15) is 5.10 Å². The molecule has 0 atom stereocenters. The first-order chi connectivity index (χ1) is 18.0. The fraction of sp³-hybridized carbons (Fsp3) is 0.464. The smallest absolute Gasteiger partial charge is 0.242 e. The van der Waals surface area contributed by atoms with Crippen molar-refractivity contribution >= 4 is 44.3 Å². The highest BCUT2D eigenvalue weighted by Gasteiger charge is 2.54. The van der Waals surface area contributed by atoms with E-state index in [4.69, 9.17) is 9.47 Å². The first-order valence-electron chi connectivity index (χ1n) is 13.0. The zero-order chi connectivity index (χ0) is 25.2. The highest BCUT2D eigenvalue weighted by molar-refractivity contribution is 9.10. The third-order valence-corrected chi connectivity index (χ3v) is 9.48. The van der Waals surface area contributed by atoms with E-state index in [0.717, 1.165) is 77.9 Å². The van der Waals surface area contributed by atoms with Crippen molar-refractivity contribution in [3.05, 3.63) is 52.6 Å². The second-order valence-corrected chi connectivity index (χ2v) is 12.0. The maximum Gasteiger partial charge on any atom is 0.242 e. The minimum absolute atomic E-state index is 0.0201. The number of benzene rings is 2. The maximum absolute atomic E-state index is 14.1. The van der Waals surface area contributed by atoms with Crippen molar-refractivity contribution in [3.8, 4) is 5.75 Å². The van der Waals surface area contributed by atoms with Gasteiger partial charge in [0.25, 0.3) is 0 Å². The summed E-state index contributed by atoms with van der Waals surface area (Å²) in [5.41, 5.74) is 2.37. The topological polar surface area (TPSA) is 87.8 Å². The fourth-order valence-corrected chi connectivity index (χ4v) is 7.44. The van der Waals surface area contributed by atoms with Crippen LogP contribution in [0.5, 0.6) is 5.75 Å². The van der Waals surface area contributed by atoms with Crippen molar-refractivity contribution in [2.24, 2.45) is 5.41 Å². The van der Waals surface area contributed by atoms with Gasteiger partial charge in [0, 0.05) is 39.6 Å². The van der Waals surface area contributed by atoms with Gasteiger partial charge in [-0.1, -0.05) is 22.0 Å². The Bertz CT molecular complexity index is 1390. The largest absolute Gasteiger partial charge is 0.490 e. The van der Waals surface area contributed by atoms with Gasteiger partial charge in [-0.05, 0) is 62.4 Å². The number of fused-ring (bicyclic) bond motifs is 3. The molecule has 3 fully saturated rings. The molecule has 3 aliphatic heterocycles. The Hall–Kier alpha value is -2.91. The molecule has 37 heavy (non-hydrogen) atoms. The van der Waals surface area contributed by atoms with Gasteiger partial charge in [0.15, 0.2) is 0 Å². The fourth-order valence-electron chi connectivity index (χ4n) is 6.71. The summed E-state index contributed by atoms with van der Waals surface area (Å²) in [6.07, 6.45) is 5.73. The summed E-state index contributed by atoms with van der Waals surface area (Å²) < 4.78 is 12.7. The summed E-state index contributed by atoms with van der Waals surface area (Å²) in [6, 6.07) is 11.9. The third-order valence-electron chi connectivity index (χ3n) is 8.82. The van der Waals surface area contributed by atoms with Gasteiger partial charge < -0.3 is 19.3 Å². The minimum Gasteiger partial charge on any atom is -0.490 e. The summed E-state index contributed by atoms with van der Waals surface area (Å²) in [5.74, 6) is 0.885. The molecule has 0 bridgehead atoms. The Kier molecular flexibility index (Phi) is 5.37. The van der Waals surface area contributed by atoms with Gasteiger partial charge in [-0.3, -0.25) is 14.7 Å². The molecular formula is C28H29BrN4O4. The predicted molar refractivity (Wildman–Crippen MR) is 142 cm³/mol. The van der Waals surface area contributed by atoms with Crippen LogP contribution in [-0.2, 0) is 19.7 Å². The molecule has 2 saturated heterocycles. The molecule has 1 N–H and O–H groups in total. The second-order valence-electron chi connectivity index (χ2n) is 11.1. The summed E-state index contributed by atoms with van der Waals surface area (Å²) in [6.45, 7) is 3.03. The van der Waals surface area contributed by atoms with Crippen LogP contribution in [0.1, 0.15) is 37.7 Å². The molecule has 1 aliphatic carbocycles. The van der Waals surface area contributed by atoms with Crippen LogP contribution in [0.25, 0.3) is 10.9 Å². The molecule has 9 heteroatoms. The van der Waals surface area contributed by atoms with E-state index in [-0.39, 0.29) is 29.9 Å². The number of carbonyl (C=O) groups excluding carboxylic acids is 2. The summed E-state index contributed by atoms with van der Waals surface area (Å²) in [4.78, 5) is 31.1. The quantitative estimate of drug-likeness (QED) is 0.513. The molecule has 4 aliphatic rings. The predicted octanol–water partition coefficient (Wildman–Crippen LogP) is 4.18. The maximum atomic E-state index is 14.1. The molecule has 8 nitrogen and oxygen atoms in total. The second kappa shape index (κ2) is 8.56. The average Bonchev–Trinajstić information content (AvgIpc) is 3.59. The van der Waals surface area contributed by atoms with Crippen LogP contribution >= 0.6 is 15.9 Å². The normalized spacial score (nSPS) is 26.2. The summed E-state index contributed by atoms with van der Waals surface area (Å²) in [5, 5.41) is 8.06. The minimum atomic E-state index is -0.627. The Balaban J connectivity index is 1.09. The van der Waals surface area contributed by atoms with Crippen LogP contribution in [0.15, 0.2) is 47.1 Å². The average molecular weight is 565 g/mol. The van der Waals surface area contributed by atoms with E-state index in [1.807, 2.05) is 41.3 Å². The van der Waals surface area contributed by atoms with Crippen molar-refractivity contribution in [1.82, 2.24) is 15.1 Å². The molecule has 4 heterocycles. The number of aromatic nitrogens is 2. The van der Waals surface area contributed by atoms with Crippen LogP contribution in [-0.4, -0.2) is 65.9 Å². The lowest BCUT2D eigenvalue weighted by atomic mass is 9.69. The van der Waals surface area contributed by atoms with Gasteiger partial charge >= 0.3 is 0 Å². The number of aromatic amines is 1. The van der Waals surface area contributed by atoms with Crippen molar-refractivity contribution in [2.45, 2.75) is 43.6 Å². The van der Waals surface area contributed by atoms with Crippen LogP contribution in [0.4, 0.5) is 5.69 Å². The lowest BCUT2D eigenvalue weighted by Crippen LogP contribution is -2.49. The number of amides is 2. The number of hydrogen-bond acceptors (Lipinski definition) is 5. The number of hydrogen-bond donors (Lipinski definition) is 1.